The van der Waals surface area contributed by atoms with Crippen LogP contribution in [0, 0.1) is 11.7 Å². The molecule has 1 saturated heterocycles. The minimum Gasteiger partial charge on any atom is -0.465 e. The summed E-state index contributed by atoms with van der Waals surface area (Å²) in [7, 11) is 0. The largest absolute Gasteiger partial charge is 0.465 e. The van der Waals surface area contributed by atoms with Crippen molar-refractivity contribution in [1.29, 1.82) is 0 Å². The molecular formula is C29H26FN5O5S2. The van der Waals surface area contributed by atoms with Gasteiger partial charge in [0.15, 0.2) is 16.7 Å². The number of halogens is 1. The number of aromatic nitrogens is 1. The monoisotopic (exact) mass is 607 g/mol. The van der Waals surface area contributed by atoms with E-state index < -0.39 is 11.9 Å². The average Bonchev–Trinajstić information content (AvgIpc) is 3.62. The van der Waals surface area contributed by atoms with Gasteiger partial charge in [-0.25, -0.2) is 9.18 Å². The second-order valence-corrected chi connectivity index (χ2v) is 11.1. The van der Waals surface area contributed by atoms with E-state index in [1.54, 1.807) is 18.2 Å². The third kappa shape index (κ3) is 7.17. The van der Waals surface area contributed by atoms with Crippen molar-refractivity contribution in [3.8, 4) is 11.5 Å². The summed E-state index contributed by atoms with van der Waals surface area (Å²) in [4.78, 5) is 42.2. The van der Waals surface area contributed by atoms with Gasteiger partial charge in [-0.1, -0.05) is 30.3 Å². The van der Waals surface area contributed by atoms with Crippen LogP contribution in [-0.2, 0) is 11.2 Å². The summed E-state index contributed by atoms with van der Waals surface area (Å²) in [6.45, 7) is 1.20. The highest BCUT2D eigenvalue weighted by molar-refractivity contribution is 7.80. The van der Waals surface area contributed by atoms with E-state index in [2.05, 4.69) is 20.9 Å². The SMILES string of the molecule is O=C(Cc1ccccc1)NC(=S)Nc1ccc(Oc2ccnc3cc(C(=O)NCC4CCN(C(=O)O)C4)sc23)c(F)c1. The van der Waals surface area contributed by atoms with Crippen LogP contribution in [0.5, 0.6) is 11.5 Å². The number of carbonyl (C=O) groups is 3. The molecule has 4 N–H and O–H groups in total. The highest BCUT2D eigenvalue weighted by Gasteiger charge is 2.26. The molecule has 5 rings (SSSR count). The predicted molar refractivity (Wildman–Crippen MR) is 161 cm³/mol. The number of rotatable bonds is 8. The molecule has 10 nitrogen and oxygen atoms in total. The Morgan fingerprint density at radius 1 is 1.12 bits per heavy atom. The number of pyridine rings is 1. The van der Waals surface area contributed by atoms with E-state index in [0.29, 0.717) is 52.6 Å². The first-order valence-corrected chi connectivity index (χ1v) is 14.2. The lowest BCUT2D eigenvalue weighted by molar-refractivity contribution is -0.119. The zero-order valence-corrected chi connectivity index (χ0v) is 23.8. The minimum absolute atomic E-state index is 0.0383. The van der Waals surface area contributed by atoms with Gasteiger partial charge in [0, 0.05) is 43.7 Å². The molecule has 4 aromatic rings. The first-order chi connectivity index (χ1) is 20.2. The van der Waals surface area contributed by atoms with Gasteiger partial charge in [-0.15, -0.1) is 11.3 Å². The van der Waals surface area contributed by atoms with Crippen LogP contribution in [0.15, 0.2) is 66.9 Å². The van der Waals surface area contributed by atoms with Crippen LogP contribution in [0.1, 0.15) is 21.7 Å². The topological polar surface area (TPSA) is 133 Å². The number of nitrogens with one attached hydrogen (secondary N) is 3. The second-order valence-electron chi connectivity index (χ2n) is 9.64. The van der Waals surface area contributed by atoms with Crippen LogP contribution in [0.25, 0.3) is 10.2 Å². The standard InChI is InChI=1S/C29H26FN5O5S2/c30-20-13-19(33-28(41)34-25(36)12-17-4-2-1-3-5-17)6-7-22(20)40-23-8-10-31-21-14-24(42-26(21)23)27(37)32-15-18-9-11-35(16-18)29(38)39/h1-8,10,13-14,18H,9,11-12,15-16H2,(H,32,37)(H,38,39)(H2,33,34,36,41). The van der Waals surface area contributed by atoms with Gasteiger partial charge in [0.05, 0.1) is 21.5 Å². The summed E-state index contributed by atoms with van der Waals surface area (Å²) < 4.78 is 21.4. The van der Waals surface area contributed by atoms with E-state index in [1.807, 2.05) is 30.3 Å². The Kier molecular flexibility index (Phi) is 8.88. The molecule has 1 aliphatic rings. The fraction of sp³-hybridized carbons (Fsp3) is 0.207. The number of anilines is 1. The Morgan fingerprint density at radius 3 is 2.67 bits per heavy atom. The van der Waals surface area contributed by atoms with Crippen molar-refractivity contribution in [3.63, 3.8) is 0 Å². The Labute approximate surface area is 249 Å². The normalized spacial score (nSPS) is 14.4. The molecule has 1 aliphatic heterocycles. The van der Waals surface area contributed by atoms with E-state index >= 15 is 0 Å². The van der Waals surface area contributed by atoms with Crippen molar-refractivity contribution in [2.75, 3.05) is 25.0 Å². The van der Waals surface area contributed by atoms with Gasteiger partial charge in [-0.2, -0.15) is 0 Å². The molecule has 13 heteroatoms. The Hall–Kier alpha value is -4.62. The van der Waals surface area contributed by atoms with Gasteiger partial charge >= 0.3 is 6.09 Å². The number of amides is 3. The highest BCUT2D eigenvalue weighted by atomic mass is 32.1. The van der Waals surface area contributed by atoms with Crippen molar-refractivity contribution in [2.45, 2.75) is 12.8 Å². The maximum absolute atomic E-state index is 15.0. The number of hydrogen-bond donors (Lipinski definition) is 4. The molecule has 2 aromatic carbocycles. The summed E-state index contributed by atoms with van der Waals surface area (Å²) >= 11 is 6.36. The van der Waals surface area contributed by atoms with Crippen LogP contribution in [0.4, 0.5) is 14.9 Å². The Bertz CT molecular complexity index is 1650. The van der Waals surface area contributed by atoms with Gasteiger partial charge in [0.25, 0.3) is 5.91 Å². The molecular weight excluding hydrogens is 581 g/mol. The van der Waals surface area contributed by atoms with Crippen LogP contribution < -0.4 is 20.7 Å². The molecule has 0 saturated carbocycles. The number of ether oxygens (including phenoxy) is 1. The minimum atomic E-state index is -0.958. The number of benzene rings is 2. The molecule has 42 heavy (non-hydrogen) atoms. The lowest BCUT2D eigenvalue weighted by Gasteiger charge is -2.12. The number of fused-ring (bicyclic) bond motifs is 1. The fourth-order valence-corrected chi connectivity index (χ4v) is 5.71. The summed E-state index contributed by atoms with van der Waals surface area (Å²) in [5.74, 6) is -0.919. The maximum atomic E-state index is 15.0. The first kappa shape index (κ1) is 28.9. The molecule has 0 aliphatic carbocycles. The Morgan fingerprint density at radius 2 is 1.93 bits per heavy atom. The third-order valence-corrected chi connectivity index (χ3v) is 7.92. The van der Waals surface area contributed by atoms with Gasteiger partial charge < -0.3 is 30.7 Å². The van der Waals surface area contributed by atoms with E-state index in [4.69, 9.17) is 22.1 Å². The molecule has 2 aromatic heterocycles. The summed E-state index contributed by atoms with van der Waals surface area (Å²) in [6, 6.07) is 16.6. The molecule has 0 spiro atoms. The molecule has 1 atom stereocenters. The zero-order valence-electron chi connectivity index (χ0n) is 22.1. The van der Waals surface area contributed by atoms with Crippen LogP contribution in [0.2, 0.25) is 0 Å². The van der Waals surface area contributed by atoms with E-state index in [0.717, 1.165) is 5.56 Å². The summed E-state index contributed by atoms with van der Waals surface area (Å²) in [5.41, 5.74) is 1.69. The lowest BCUT2D eigenvalue weighted by atomic mass is 10.1. The molecule has 3 heterocycles. The quantitative estimate of drug-likeness (QED) is 0.206. The van der Waals surface area contributed by atoms with Gasteiger partial charge in [0.1, 0.15) is 5.75 Å². The molecule has 0 radical (unpaired) electrons. The van der Waals surface area contributed by atoms with Crippen molar-refractivity contribution in [1.82, 2.24) is 20.5 Å². The van der Waals surface area contributed by atoms with Gasteiger partial charge in [-0.05, 0) is 48.3 Å². The maximum Gasteiger partial charge on any atom is 0.407 e. The van der Waals surface area contributed by atoms with Gasteiger partial charge in [-0.3, -0.25) is 14.6 Å². The van der Waals surface area contributed by atoms with Crippen LogP contribution in [0.3, 0.4) is 0 Å². The molecule has 3 amide bonds. The number of carboxylic acid groups (broad SMARTS) is 1. The molecule has 1 unspecified atom stereocenters. The number of hydrogen-bond acceptors (Lipinski definition) is 7. The summed E-state index contributed by atoms with van der Waals surface area (Å²) in [5, 5.41) is 17.4. The predicted octanol–water partition coefficient (Wildman–Crippen LogP) is 5.01. The Balaban J connectivity index is 1.19. The van der Waals surface area contributed by atoms with Crippen molar-refractivity contribution in [3.05, 3.63) is 83.1 Å². The molecule has 216 valence electrons. The number of likely N-dealkylation sites (tertiary alicyclic amines) is 1. The van der Waals surface area contributed by atoms with Crippen molar-refractivity contribution in [2.24, 2.45) is 5.92 Å². The number of nitrogens with zero attached hydrogens (tertiary/aromatic N) is 2. The second kappa shape index (κ2) is 12.9. The zero-order chi connectivity index (χ0) is 29.6. The van der Waals surface area contributed by atoms with Crippen molar-refractivity contribution >= 4 is 62.5 Å². The van der Waals surface area contributed by atoms with Crippen LogP contribution >= 0.6 is 23.6 Å². The average molecular weight is 608 g/mol. The highest BCUT2D eigenvalue weighted by Crippen LogP contribution is 2.36. The van der Waals surface area contributed by atoms with Gasteiger partial charge in [0.2, 0.25) is 5.91 Å². The third-order valence-electron chi connectivity index (χ3n) is 6.58. The first-order valence-electron chi connectivity index (χ1n) is 13.0. The van der Waals surface area contributed by atoms with Crippen molar-refractivity contribution < 1.29 is 28.6 Å². The number of thiocarbonyl (C=S) groups is 1. The number of thiophene rings is 1. The van der Waals surface area contributed by atoms with E-state index in [9.17, 15) is 18.8 Å². The lowest BCUT2D eigenvalue weighted by Crippen LogP contribution is -2.35. The fourth-order valence-electron chi connectivity index (χ4n) is 4.50. The summed E-state index contributed by atoms with van der Waals surface area (Å²) in [6.07, 6.45) is 1.39. The van der Waals surface area contributed by atoms with E-state index in [-0.39, 0.29) is 35.0 Å². The number of carbonyl (C=O) groups excluding carboxylic acids is 2. The smallest absolute Gasteiger partial charge is 0.407 e. The molecule has 0 bridgehead atoms. The van der Waals surface area contributed by atoms with E-state index in [1.165, 1.54) is 34.6 Å². The molecule has 1 fully saturated rings. The van der Waals surface area contributed by atoms with Crippen LogP contribution in [-0.4, -0.2) is 57.6 Å².